The molecule has 0 radical (unpaired) electrons. The summed E-state index contributed by atoms with van der Waals surface area (Å²) in [6, 6.07) is 5.97. The molecule has 1 atom stereocenters. The maximum Gasteiger partial charge on any atom is 0.435 e. The maximum atomic E-state index is 14.3. The van der Waals surface area contributed by atoms with E-state index in [2.05, 4.69) is 20.4 Å². The number of nitriles is 1. The highest BCUT2D eigenvalue weighted by Crippen LogP contribution is 2.53. The van der Waals surface area contributed by atoms with E-state index in [-0.39, 0.29) is 23.3 Å². The lowest BCUT2D eigenvalue weighted by Crippen LogP contribution is -2.50. The van der Waals surface area contributed by atoms with Crippen molar-refractivity contribution in [1.29, 1.82) is 5.26 Å². The molecule has 0 unspecified atom stereocenters. The normalized spacial score (nSPS) is 13.3. The minimum atomic E-state index is -6.31. The van der Waals surface area contributed by atoms with Crippen LogP contribution in [0.3, 0.4) is 0 Å². The zero-order valence-corrected chi connectivity index (χ0v) is 17.0. The number of hydrogen-bond acceptors (Lipinski definition) is 5. The fourth-order valence-corrected chi connectivity index (χ4v) is 3.01. The van der Waals surface area contributed by atoms with Crippen molar-refractivity contribution in [3.05, 3.63) is 71.4 Å². The predicted octanol–water partition coefficient (Wildman–Crippen LogP) is 4.31. The third-order valence-electron chi connectivity index (χ3n) is 4.71. The van der Waals surface area contributed by atoms with Crippen molar-refractivity contribution in [3.63, 3.8) is 0 Å². The molecular formula is C20H13F7N6O. The third kappa shape index (κ3) is 4.41. The maximum absolute atomic E-state index is 14.3. The molecule has 7 nitrogen and oxygen atoms in total. The first kappa shape index (κ1) is 24.6. The summed E-state index contributed by atoms with van der Waals surface area (Å²) in [7, 11) is 0. The Hall–Kier alpha value is -4.02. The van der Waals surface area contributed by atoms with Crippen molar-refractivity contribution in [3.8, 4) is 11.9 Å². The Morgan fingerprint density at radius 2 is 1.74 bits per heavy atom. The summed E-state index contributed by atoms with van der Waals surface area (Å²) in [4.78, 5) is 20.6. The summed E-state index contributed by atoms with van der Waals surface area (Å²) in [5.74, 6) is -0.734. The SMILES string of the molecule is C[C@H](NC(=O)c1cccc(C(F)(C(F)(F)F)C(F)(F)F)c1)c1ncnn1-c1ccc(C#N)cn1. The molecule has 0 saturated carbocycles. The van der Waals surface area contributed by atoms with Crippen molar-refractivity contribution < 1.29 is 35.5 Å². The van der Waals surface area contributed by atoms with Gasteiger partial charge in [0.25, 0.3) is 5.91 Å². The molecule has 3 aromatic rings. The van der Waals surface area contributed by atoms with Crippen LogP contribution in [0.1, 0.15) is 40.3 Å². The van der Waals surface area contributed by atoms with Crippen LogP contribution in [0.4, 0.5) is 30.7 Å². The topological polar surface area (TPSA) is 96.5 Å². The molecule has 178 valence electrons. The van der Waals surface area contributed by atoms with Gasteiger partial charge in [0.2, 0.25) is 0 Å². The zero-order valence-electron chi connectivity index (χ0n) is 17.0. The summed E-state index contributed by atoms with van der Waals surface area (Å²) in [5, 5.41) is 15.2. The van der Waals surface area contributed by atoms with Gasteiger partial charge in [0.05, 0.1) is 11.6 Å². The number of benzene rings is 1. The van der Waals surface area contributed by atoms with Crippen molar-refractivity contribution in [2.75, 3.05) is 0 Å². The third-order valence-corrected chi connectivity index (χ3v) is 4.71. The van der Waals surface area contributed by atoms with Gasteiger partial charge in [-0.1, -0.05) is 12.1 Å². The Labute approximate surface area is 186 Å². The molecule has 0 aliphatic rings. The van der Waals surface area contributed by atoms with E-state index in [1.807, 2.05) is 6.07 Å². The molecule has 1 aromatic carbocycles. The molecule has 34 heavy (non-hydrogen) atoms. The smallest absolute Gasteiger partial charge is 0.342 e. The van der Waals surface area contributed by atoms with E-state index in [1.165, 1.54) is 29.9 Å². The zero-order chi connectivity index (χ0) is 25.3. The Balaban J connectivity index is 1.88. The van der Waals surface area contributed by atoms with Crippen LogP contribution in [0, 0.1) is 11.3 Å². The molecule has 0 spiro atoms. The van der Waals surface area contributed by atoms with Crippen LogP contribution < -0.4 is 5.32 Å². The van der Waals surface area contributed by atoms with Crippen LogP contribution in [0.2, 0.25) is 0 Å². The highest BCUT2D eigenvalue weighted by atomic mass is 19.4. The minimum Gasteiger partial charge on any atom is -0.342 e. The van der Waals surface area contributed by atoms with Crippen LogP contribution in [0.25, 0.3) is 5.82 Å². The number of aromatic nitrogens is 4. The lowest BCUT2D eigenvalue weighted by molar-refractivity contribution is -0.348. The molecule has 0 saturated heterocycles. The number of nitrogens with one attached hydrogen (secondary N) is 1. The highest BCUT2D eigenvalue weighted by Gasteiger charge is 2.73. The predicted molar refractivity (Wildman–Crippen MR) is 101 cm³/mol. The van der Waals surface area contributed by atoms with Crippen LogP contribution >= 0.6 is 0 Å². The lowest BCUT2D eigenvalue weighted by Gasteiger charge is -2.30. The minimum absolute atomic E-state index is 0.118. The molecule has 0 fully saturated rings. The largest absolute Gasteiger partial charge is 0.435 e. The van der Waals surface area contributed by atoms with Gasteiger partial charge in [0.15, 0.2) is 11.6 Å². The van der Waals surface area contributed by atoms with Gasteiger partial charge in [-0.3, -0.25) is 4.79 Å². The number of carbonyl (C=O) groups is 1. The van der Waals surface area contributed by atoms with Crippen molar-refractivity contribution >= 4 is 5.91 Å². The Morgan fingerprint density at radius 3 is 2.29 bits per heavy atom. The van der Waals surface area contributed by atoms with E-state index in [1.54, 1.807) is 0 Å². The molecular weight excluding hydrogens is 473 g/mol. The van der Waals surface area contributed by atoms with E-state index < -0.39 is 41.1 Å². The standard InChI is InChI=1S/C20H13F7N6O/c1-11(16-30-10-31-33(16)15-6-5-12(8-28)9-29-15)32-17(34)13-3-2-4-14(7-13)18(21,19(22,23)24)20(25,26)27/h2-7,9-11H,1H3,(H,32,34)/t11-/m0/s1. The van der Waals surface area contributed by atoms with Gasteiger partial charge in [0, 0.05) is 17.3 Å². The van der Waals surface area contributed by atoms with E-state index in [0.29, 0.717) is 12.1 Å². The van der Waals surface area contributed by atoms with Crippen LogP contribution in [0.15, 0.2) is 48.9 Å². The van der Waals surface area contributed by atoms with Crippen LogP contribution in [0.5, 0.6) is 0 Å². The second kappa shape index (κ2) is 8.73. The van der Waals surface area contributed by atoms with E-state index in [9.17, 15) is 35.5 Å². The number of alkyl halides is 7. The Bertz CT molecular complexity index is 1210. The van der Waals surface area contributed by atoms with E-state index in [0.717, 1.165) is 12.4 Å². The quantitative estimate of drug-likeness (QED) is 0.542. The molecule has 14 heteroatoms. The van der Waals surface area contributed by atoms with Gasteiger partial charge >= 0.3 is 18.0 Å². The molecule has 2 aromatic heterocycles. The molecule has 3 rings (SSSR count). The average molecular weight is 486 g/mol. The second-order valence-corrected chi connectivity index (χ2v) is 6.98. The monoisotopic (exact) mass is 486 g/mol. The first-order valence-corrected chi connectivity index (χ1v) is 9.30. The van der Waals surface area contributed by atoms with Crippen LogP contribution in [-0.2, 0) is 5.67 Å². The second-order valence-electron chi connectivity index (χ2n) is 6.98. The summed E-state index contributed by atoms with van der Waals surface area (Å²) in [6.07, 6.45) is -10.2. The van der Waals surface area contributed by atoms with Crippen molar-refractivity contribution in [2.24, 2.45) is 0 Å². The summed E-state index contributed by atoms with van der Waals surface area (Å²) >= 11 is 0. The number of carbonyl (C=O) groups excluding carboxylic acids is 1. The summed E-state index contributed by atoms with van der Waals surface area (Å²) in [6.45, 7) is 1.43. The fraction of sp³-hybridized carbons (Fsp3) is 0.250. The van der Waals surface area contributed by atoms with Gasteiger partial charge in [-0.2, -0.15) is 41.4 Å². The molecule has 0 bridgehead atoms. The molecule has 0 aliphatic carbocycles. The highest BCUT2D eigenvalue weighted by molar-refractivity contribution is 5.94. The summed E-state index contributed by atoms with van der Waals surface area (Å²) < 4.78 is 93.7. The number of rotatable bonds is 5. The van der Waals surface area contributed by atoms with E-state index >= 15 is 0 Å². The number of halogens is 7. The molecule has 2 heterocycles. The number of hydrogen-bond donors (Lipinski definition) is 1. The Morgan fingerprint density at radius 1 is 1.06 bits per heavy atom. The first-order valence-electron chi connectivity index (χ1n) is 9.30. The van der Waals surface area contributed by atoms with Gasteiger partial charge < -0.3 is 5.32 Å². The first-order chi connectivity index (χ1) is 15.8. The number of amides is 1. The van der Waals surface area contributed by atoms with Crippen molar-refractivity contribution in [2.45, 2.75) is 31.0 Å². The summed E-state index contributed by atoms with van der Waals surface area (Å²) in [5.41, 5.74) is -7.81. The van der Waals surface area contributed by atoms with E-state index in [4.69, 9.17) is 5.26 Å². The molecule has 1 N–H and O–H groups in total. The van der Waals surface area contributed by atoms with Crippen molar-refractivity contribution in [1.82, 2.24) is 25.1 Å². The number of nitrogens with zero attached hydrogens (tertiary/aromatic N) is 5. The Kier molecular flexibility index (Phi) is 6.32. The van der Waals surface area contributed by atoms with Gasteiger partial charge in [0.1, 0.15) is 12.4 Å². The lowest BCUT2D eigenvalue weighted by atomic mass is 9.92. The van der Waals surface area contributed by atoms with Gasteiger partial charge in [-0.15, -0.1) is 0 Å². The number of pyridine rings is 1. The molecule has 0 aliphatic heterocycles. The van der Waals surface area contributed by atoms with Gasteiger partial charge in [-0.05, 0) is 31.2 Å². The fourth-order valence-electron chi connectivity index (χ4n) is 3.01. The van der Waals surface area contributed by atoms with Gasteiger partial charge in [-0.25, -0.2) is 14.4 Å². The molecule has 1 amide bonds. The van der Waals surface area contributed by atoms with Crippen LogP contribution in [-0.4, -0.2) is 38.0 Å². The average Bonchev–Trinajstić information content (AvgIpc) is 3.27.